The van der Waals surface area contributed by atoms with Crippen molar-refractivity contribution in [2.24, 2.45) is 5.73 Å². The van der Waals surface area contributed by atoms with Crippen molar-refractivity contribution in [1.82, 2.24) is 14.5 Å². The lowest BCUT2D eigenvalue weighted by Crippen LogP contribution is -2.29. The van der Waals surface area contributed by atoms with Gasteiger partial charge in [0, 0.05) is 28.7 Å². The van der Waals surface area contributed by atoms with E-state index in [0.29, 0.717) is 18.0 Å². The highest BCUT2D eigenvalue weighted by Gasteiger charge is 2.42. The molecule has 284 valence electrons. The van der Waals surface area contributed by atoms with Gasteiger partial charge in [0.15, 0.2) is 5.65 Å². The van der Waals surface area contributed by atoms with Crippen molar-refractivity contribution in [2.75, 3.05) is 49.2 Å². The first-order valence-corrected chi connectivity index (χ1v) is 25.1. The van der Waals surface area contributed by atoms with Gasteiger partial charge in [-0.2, -0.15) is 4.98 Å². The molecule has 0 bridgehead atoms. The number of rotatable bonds is 18. The predicted molar refractivity (Wildman–Crippen MR) is 201 cm³/mol. The summed E-state index contributed by atoms with van der Waals surface area (Å²) in [7, 11) is -8.38. The summed E-state index contributed by atoms with van der Waals surface area (Å²) in [4.78, 5) is 58.2. The third-order valence-electron chi connectivity index (χ3n) is 6.38. The minimum Gasteiger partial charge on any atom is -0.369 e. The van der Waals surface area contributed by atoms with Gasteiger partial charge in [-0.25, -0.2) is 0 Å². The standard InChI is InChI=1S/C26H44N5O12P3S4/c1-25(2,3)49-48-14-41-18-9-20(43-19(18)11-42-46(38,39)16-44(33,34)15-45(35,36)37)31-10-17(21-22(31)29-24(28)30-23(21)32)7-6-8-40-13-47-50-26(4,5)12-27/h10,18-20H,8-9,11-16,27H2,1-5H3,(H,33,34)(H,38,39)(H2,35,36,37)(H3,28,29,30,32)/t18?,19-,20-/m1/s1. The fourth-order valence-corrected chi connectivity index (χ4v) is 14.8. The number of ether oxygens (including phenoxy) is 3. The van der Waals surface area contributed by atoms with E-state index in [9.17, 15) is 28.3 Å². The van der Waals surface area contributed by atoms with Crippen LogP contribution in [0.2, 0.25) is 0 Å². The Morgan fingerprint density at radius 2 is 1.78 bits per heavy atom. The molecular weight excluding hydrogens is 795 g/mol. The first kappa shape index (κ1) is 43.9. The predicted octanol–water partition coefficient (Wildman–Crippen LogP) is 4.13. The van der Waals surface area contributed by atoms with E-state index < -0.39 is 65.0 Å². The molecule has 1 saturated heterocycles. The summed E-state index contributed by atoms with van der Waals surface area (Å²) in [6.45, 7) is 10.2. The number of nitrogens with one attached hydrogen (secondary N) is 1. The van der Waals surface area contributed by atoms with Gasteiger partial charge in [0.25, 0.3) is 5.56 Å². The van der Waals surface area contributed by atoms with Crippen molar-refractivity contribution >= 4 is 82.7 Å². The molecule has 3 unspecified atom stereocenters. The fourth-order valence-electron chi connectivity index (χ4n) is 4.32. The van der Waals surface area contributed by atoms with Crippen molar-refractivity contribution < 1.29 is 52.0 Å². The molecule has 9 N–H and O–H groups in total. The molecule has 2 aromatic rings. The molecule has 1 fully saturated rings. The summed E-state index contributed by atoms with van der Waals surface area (Å²) in [5, 5.41) is 0.155. The zero-order valence-corrected chi connectivity index (χ0v) is 34.0. The summed E-state index contributed by atoms with van der Waals surface area (Å²) >= 11 is 0. The van der Waals surface area contributed by atoms with Gasteiger partial charge in [-0.05, 0) is 13.8 Å². The van der Waals surface area contributed by atoms with E-state index in [0.717, 1.165) is 0 Å². The number of anilines is 1. The topological polar surface area (TPSA) is 272 Å². The van der Waals surface area contributed by atoms with Gasteiger partial charge in [-0.15, -0.1) is 0 Å². The summed E-state index contributed by atoms with van der Waals surface area (Å²) in [6.07, 6.45) is -0.802. The molecule has 2 aromatic heterocycles. The fraction of sp³-hybridized carbons (Fsp3) is 0.692. The average Bonchev–Trinajstić information content (AvgIpc) is 3.52. The molecule has 17 nitrogen and oxygen atoms in total. The third kappa shape index (κ3) is 14.7. The third-order valence-corrected chi connectivity index (χ3v) is 19.4. The second-order valence-corrected chi connectivity index (χ2v) is 25.6. The Labute approximate surface area is 305 Å². The van der Waals surface area contributed by atoms with Gasteiger partial charge < -0.3 is 54.3 Å². The molecule has 0 aromatic carbocycles. The maximum absolute atomic E-state index is 13.0. The van der Waals surface area contributed by atoms with Crippen LogP contribution in [0.1, 0.15) is 52.8 Å². The summed E-state index contributed by atoms with van der Waals surface area (Å²) < 4.78 is 60.7. The van der Waals surface area contributed by atoms with Crippen LogP contribution < -0.4 is 17.0 Å². The van der Waals surface area contributed by atoms with Crippen molar-refractivity contribution in [3.8, 4) is 11.8 Å². The molecule has 0 amide bonds. The molecule has 5 atom stereocenters. The van der Waals surface area contributed by atoms with Crippen molar-refractivity contribution in [3.05, 3.63) is 22.1 Å². The highest BCUT2D eigenvalue weighted by atomic mass is 33.1. The van der Waals surface area contributed by atoms with E-state index >= 15 is 0 Å². The molecule has 3 rings (SSSR count). The Balaban J connectivity index is 1.82. The van der Waals surface area contributed by atoms with Crippen LogP contribution in [0.25, 0.3) is 11.0 Å². The van der Waals surface area contributed by atoms with Crippen LogP contribution in [-0.2, 0) is 32.4 Å². The number of H-pyrrole nitrogens is 1. The molecule has 0 aliphatic carbocycles. The monoisotopic (exact) mass is 839 g/mol. The van der Waals surface area contributed by atoms with E-state index in [2.05, 4.69) is 21.8 Å². The molecule has 24 heteroatoms. The van der Waals surface area contributed by atoms with E-state index in [1.807, 2.05) is 34.6 Å². The summed E-state index contributed by atoms with van der Waals surface area (Å²) in [5.74, 6) is 3.44. The van der Waals surface area contributed by atoms with E-state index in [1.54, 1.807) is 32.4 Å². The van der Waals surface area contributed by atoms with Crippen molar-refractivity contribution in [2.45, 2.75) is 69.0 Å². The van der Waals surface area contributed by atoms with Crippen molar-refractivity contribution in [1.29, 1.82) is 0 Å². The number of aromatic amines is 1. The maximum atomic E-state index is 13.0. The Bertz CT molecular complexity index is 1740. The lowest BCUT2D eigenvalue weighted by Gasteiger charge is -2.22. The number of fused-ring (bicyclic) bond motifs is 1. The number of nitrogens with two attached hydrogens (primary N) is 2. The largest absolute Gasteiger partial charge is 0.369 e. The van der Waals surface area contributed by atoms with Gasteiger partial charge in [0.2, 0.25) is 13.3 Å². The zero-order chi connectivity index (χ0) is 37.5. The number of nitrogen functional groups attached to an aromatic ring is 1. The average molecular weight is 840 g/mol. The molecule has 1 aliphatic rings. The first-order valence-electron chi connectivity index (χ1n) is 14.9. The van der Waals surface area contributed by atoms with E-state index in [4.69, 9.17) is 40.0 Å². The minimum absolute atomic E-state index is 0.0650. The van der Waals surface area contributed by atoms with Crippen LogP contribution in [0.4, 0.5) is 5.95 Å². The van der Waals surface area contributed by atoms with E-state index in [1.165, 1.54) is 21.6 Å². The summed E-state index contributed by atoms with van der Waals surface area (Å²) in [5.41, 5.74) is 11.6. The van der Waals surface area contributed by atoms with Crippen LogP contribution in [-0.4, -0.2) is 99.3 Å². The van der Waals surface area contributed by atoms with Gasteiger partial charge in [0.1, 0.15) is 42.6 Å². The normalized spacial score (nSPS) is 21.1. The second kappa shape index (κ2) is 18.2. The Morgan fingerprint density at radius 3 is 2.42 bits per heavy atom. The van der Waals surface area contributed by atoms with Crippen LogP contribution in [0.15, 0.2) is 11.0 Å². The van der Waals surface area contributed by atoms with Crippen LogP contribution >= 0.6 is 65.7 Å². The van der Waals surface area contributed by atoms with Gasteiger partial charge in [0.05, 0.1) is 23.7 Å². The number of nitrogens with zero attached hydrogens (tertiary/aromatic N) is 2. The molecule has 0 saturated carbocycles. The quantitative estimate of drug-likeness (QED) is 0.0366. The zero-order valence-electron chi connectivity index (χ0n) is 28.0. The Kier molecular flexibility index (Phi) is 16.0. The first-order chi connectivity index (χ1) is 23.0. The van der Waals surface area contributed by atoms with Crippen LogP contribution in [0.5, 0.6) is 0 Å². The van der Waals surface area contributed by atoms with E-state index in [-0.39, 0.29) is 45.4 Å². The summed E-state index contributed by atoms with van der Waals surface area (Å²) in [6, 6.07) is 0. The molecule has 50 heavy (non-hydrogen) atoms. The Morgan fingerprint density at radius 1 is 1.10 bits per heavy atom. The van der Waals surface area contributed by atoms with Gasteiger partial charge in [-0.1, -0.05) is 75.8 Å². The van der Waals surface area contributed by atoms with Crippen LogP contribution in [0, 0.1) is 11.8 Å². The van der Waals surface area contributed by atoms with Gasteiger partial charge >= 0.3 is 15.2 Å². The highest BCUT2D eigenvalue weighted by Crippen LogP contribution is 2.63. The number of hydrogen-bond donors (Lipinski definition) is 7. The second-order valence-electron chi connectivity index (χ2n) is 12.8. The minimum atomic E-state index is -4.95. The maximum Gasteiger partial charge on any atom is 0.337 e. The van der Waals surface area contributed by atoms with Crippen LogP contribution in [0.3, 0.4) is 0 Å². The number of hydrogen-bond acceptors (Lipinski definition) is 15. The molecule has 1 aliphatic heterocycles. The SMILES string of the molecule is CC(C)(C)SSCOC1C[C@H](n2cc(C#CCOCSSC(C)(C)CN)c3c(=O)[nH]c(N)nc32)O[C@@H]1COP(=O)(O)CP(=O)(O)CP(=O)(O)O. The highest BCUT2D eigenvalue weighted by molar-refractivity contribution is 8.77. The Hall–Kier alpha value is -0.490. The lowest BCUT2D eigenvalue weighted by molar-refractivity contribution is -0.0495. The smallest absolute Gasteiger partial charge is 0.337 e. The van der Waals surface area contributed by atoms with Crippen molar-refractivity contribution in [3.63, 3.8) is 0 Å². The molecule has 3 heterocycles. The molecule has 0 spiro atoms. The number of aromatic nitrogens is 3. The molecule has 0 radical (unpaired) electrons. The molecular formula is C26H44N5O12P3S4. The van der Waals surface area contributed by atoms with Gasteiger partial charge in [-0.3, -0.25) is 23.5 Å². The lowest BCUT2D eigenvalue weighted by atomic mass is 10.2.